The molecule has 2 aromatic rings. The summed E-state index contributed by atoms with van der Waals surface area (Å²) in [6.45, 7) is 2.48. The normalized spacial score (nSPS) is 17.3. The number of carbonyl (C=O) groups is 1. The lowest BCUT2D eigenvalue weighted by atomic mass is 10.0. The number of likely N-dealkylation sites (tertiary alicyclic amines) is 1. The second-order valence-electron chi connectivity index (χ2n) is 7.18. The second-order valence-corrected chi connectivity index (χ2v) is 7.18. The van der Waals surface area contributed by atoms with Crippen LogP contribution in [0.4, 0.5) is 13.2 Å². The van der Waals surface area contributed by atoms with Crippen molar-refractivity contribution in [1.82, 2.24) is 25.3 Å². The molecule has 1 atom stereocenters. The number of benzene rings is 1. The number of carbonyl (C=O) groups excluding carboxylic acids is 1. The first-order valence-electron chi connectivity index (χ1n) is 9.67. The van der Waals surface area contributed by atoms with Gasteiger partial charge < -0.3 is 15.5 Å². The van der Waals surface area contributed by atoms with Gasteiger partial charge in [-0.1, -0.05) is 0 Å². The van der Waals surface area contributed by atoms with Crippen LogP contribution in [0.3, 0.4) is 0 Å². The van der Waals surface area contributed by atoms with E-state index in [4.69, 9.17) is 0 Å². The van der Waals surface area contributed by atoms with Crippen molar-refractivity contribution < 1.29 is 18.0 Å². The minimum Gasteiger partial charge on any atom is -0.354 e. The summed E-state index contributed by atoms with van der Waals surface area (Å²) >= 11 is 0. The van der Waals surface area contributed by atoms with Crippen LogP contribution in [0.2, 0.25) is 0 Å². The molecule has 0 aliphatic carbocycles. The largest absolute Gasteiger partial charge is 0.416 e. The van der Waals surface area contributed by atoms with Gasteiger partial charge in [0.05, 0.1) is 11.8 Å². The van der Waals surface area contributed by atoms with Crippen LogP contribution in [0.25, 0.3) is 0 Å². The maximum absolute atomic E-state index is 12.6. The summed E-state index contributed by atoms with van der Waals surface area (Å²) in [5.74, 6) is 0.736. The SMILES string of the molecule is CN=C(NCCNC(=O)c1ccc(C(F)(F)F)cc1)N1CCC(c2cnn(C)c2)C1. The van der Waals surface area contributed by atoms with Crippen LogP contribution < -0.4 is 10.6 Å². The van der Waals surface area contributed by atoms with Gasteiger partial charge in [0.25, 0.3) is 5.91 Å². The average molecular weight is 422 g/mol. The van der Waals surface area contributed by atoms with E-state index in [1.54, 1.807) is 11.7 Å². The predicted octanol–water partition coefficient (Wildman–Crippen LogP) is 2.23. The molecule has 1 unspecified atom stereocenters. The monoisotopic (exact) mass is 422 g/mol. The molecule has 2 heterocycles. The van der Waals surface area contributed by atoms with Crippen molar-refractivity contribution in [2.45, 2.75) is 18.5 Å². The van der Waals surface area contributed by atoms with Crippen LogP contribution in [0.15, 0.2) is 41.7 Å². The fourth-order valence-corrected chi connectivity index (χ4v) is 3.47. The molecule has 0 radical (unpaired) electrons. The van der Waals surface area contributed by atoms with Crippen molar-refractivity contribution in [3.63, 3.8) is 0 Å². The van der Waals surface area contributed by atoms with Gasteiger partial charge in [-0.2, -0.15) is 18.3 Å². The molecule has 1 amide bonds. The lowest BCUT2D eigenvalue weighted by molar-refractivity contribution is -0.137. The zero-order valence-electron chi connectivity index (χ0n) is 16.9. The van der Waals surface area contributed by atoms with E-state index < -0.39 is 17.6 Å². The molecule has 162 valence electrons. The Morgan fingerprint density at radius 2 is 1.93 bits per heavy atom. The highest BCUT2D eigenvalue weighted by molar-refractivity contribution is 5.94. The number of aromatic nitrogens is 2. The van der Waals surface area contributed by atoms with Crippen molar-refractivity contribution in [3.8, 4) is 0 Å². The van der Waals surface area contributed by atoms with Gasteiger partial charge in [-0.3, -0.25) is 14.5 Å². The van der Waals surface area contributed by atoms with Crippen molar-refractivity contribution in [3.05, 3.63) is 53.3 Å². The zero-order chi connectivity index (χ0) is 21.7. The summed E-state index contributed by atoms with van der Waals surface area (Å²) in [6.07, 6.45) is 0.514. The second kappa shape index (κ2) is 9.19. The lowest BCUT2D eigenvalue weighted by Crippen LogP contribution is -2.43. The van der Waals surface area contributed by atoms with Gasteiger partial charge in [0, 0.05) is 58.0 Å². The first-order chi connectivity index (χ1) is 14.3. The number of guanidine groups is 1. The molecule has 0 spiro atoms. The fourth-order valence-electron chi connectivity index (χ4n) is 3.47. The summed E-state index contributed by atoms with van der Waals surface area (Å²) in [7, 11) is 3.61. The molecule has 1 aliphatic rings. The van der Waals surface area contributed by atoms with Gasteiger partial charge in [0.15, 0.2) is 5.96 Å². The Bertz CT molecular complexity index is 891. The molecule has 2 N–H and O–H groups in total. The summed E-state index contributed by atoms with van der Waals surface area (Å²) in [5, 5.41) is 10.1. The number of alkyl halides is 3. The number of amides is 1. The molecule has 3 rings (SSSR count). The van der Waals surface area contributed by atoms with Crippen molar-refractivity contribution >= 4 is 11.9 Å². The number of rotatable bonds is 5. The smallest absolute Gasteiger partial charge is 0.354 e. The Morgan fingerprint density at radius 3 is 2.53 bits per heavy atom. The number of nitrogens with zero attached hydrogens (tertiary/aromatic N) is 4. The van der Waals surface area contributed by atoms with Crippen LogP contribution in [0.5, 0.6) is 0 Å². The van der Waals surface area contributed by atoms with Gasteiger partial charge >= 0.3 is 6.18 Å². The van der Waals surface area contributed by atoms with E-state index in [-0.39, 0.29) is 5.56 Å². The quantitative estimate of drug-likeness (QED) is 0.440. The van der Waals surface area contributed by atoms with E-state index in [1.807, 2.05) is 19.4 Å². The molecular formula is C20H25F3N6O. The lowest BCUT2D eigenvalue weighted by Gasteiger charge is -2.21. The van der Waals surface area contributed by atoms with Gasteiger partial charge in [0.2, 0.25) is 0 Å². The molecule has 1 fully saturated rings. The van der Waals surface area contributed by atoms with Crippen LogP contribution in [0, 0.1) is 0 Å². The highest BCUT2D eigenvalue weighted by Crippen LogP contribution is 2.29. The van der Waals surface area contributed by atoms with E-state index in [2.05, 4.69) is 25.6 Å². The molecule has 1 aromatic carbocycles. The maximum Gasteiger partial charge on any atom is 0.416 e. The van der Waals surface area contributed by atoms with Crippen molar-refractivity contribution in [1.29, 1.82) is 0 Å². The van der Waals surface area contributed by atoms with Crippen molar-refractivity contribution in [2.24, 2.45) is 12.0 Å². The standard InChI is InChI=1S/C20H25F3N6O/c1-24-19(29-10-7-15(13-29)16-11-27-28(2)12-16)26-9-8-25-18(30)14-3-5-17(6-4-14)20(21,22)23/h3-6,11-12,15H,7-10,13H2,1-2H3,(H,24,26)(H,25,30). The number of aryl methyl sites for hydroxylation is 1. The first kappa shape index (κ1) is 21.7. The number of nitrogens with one attached hydrogen (secondary N) is 2. The average Bonchev–Trinajstić information content (AvgIpc) is 3.36. The topological polar surface area (TPSA) is 74.6 Å². The first-order valence-corrected chi connectivity index (χ1v) is 9.67. The van der Waals surface area contributed by atoms with Gasteiger partial charge in [0.1, 0.15) is 0 Å². The van der Waals surface area contributed by atoms with E-state index in [1.165, 1.54) is 17.7 Å². The number of hydrogen-bond donors (Lipinski definition) is 2. The van der Waals surface area contributed by atoms with E-state index in [0.717, 1.165) is 37.6 Å². The highest BCUT2D eigenvalue weighted by atomic mass is 19.4. The van der Waals surface area contributed by atoms with E-state index >= 15 is 0 Å². The number of halogens is 3. The minimum absolute atomic E-state index is 0.186. The molecule has 7 nitrogen and oxygen atoms in total. The summed E-state index contributed by atoms with van der Waals surface area (Å²) in [5.41, 5.74) is 0.616. The molecule has 1 aromatic heterocycles. The van der Waals surface area contributed by atoms with E-state index in [9.17, 15) is 18.0 Å². The fraction of sp³-hybridized carbons (Fsp3) is 0.450. The number of aliphatic imine (C=N–C) groups is 1. The van der Waals surface area contributed by atoms with Crippen LogP contribution in [-0.4, -0.2) is 59.8 Å². The molecule has 1 aliphatic heterocycles. The molecule has 0 saturated carbocycles. The van der Waals surface area contributed by atoms with Gasteiger partial charge in [-0.15, -0.1) is 0 Å². The van der Waals surface area contributed by atoms with Crippen LogP contribution in [-0.2, 0) is 13.2 Å². The van der Waals surface area contributed by atoms with Gasteiger partial charge in [-0.05, 0) is 36.2 Å². The van der Waals surface area contributed by atoms with E-state index in [0.29, 0.717) is 19.0 Å². The molecule has 1 saturated heterocycles. The molecule has 10 heteroatoms. The maximum atomic E-state index is 12.6. The predicted molar refractivity (Wildman–Crippen MR) is 107 cm³/mol. The zero-order valence-corrected chi connectivity index (χ0v) is 16.9. The third-order valence-corrected chi connectivity index (χ3v) is 5.06. The van der Waals surface area contributed by atoms with Crippen molar-refractivity contribution in [2.75, 3.05) is 33.2 Å². The minimum atomic E-state index is -4.42. The van der Waals surface area contributed by atoms with Crippen LogP contribution >= 0.6 is 0 Å². The Labute approximate surface area is 173 Å². The summed E-state index contributed by atoms with van der Waals surface area (Å²) < 4.78 is 39.6. The Balaban J connectivity index is 1.43. The summed E-state index contributed by atoms with van der Waals surface area (Å²) in [4.78, 5) is 18.6. The molecule has 0 bridgehead atoms. The highest BCUT2D eigenvalue weighted by Gasteiger charge is 2.30. The van der Waals surface area contributed by atoms with Crippen LogP contribution in [0.1, 0.15) is 33.8 Å². The summed E-state index contributed by atoms with van der Waals surface area (Å²) in [6, 6.07) is 4.16. The third-order valence-electron chi connectivity index (χ3n) is 5.06. The third kappa shape index (κ3) is 5.31. The Morgan fingerprint density at radius 1 is 1.23 bits per heavy atom. The van der Waals surface area contributed by atoms with Gasteiger partial charge in [-0.25, -0.2) is 0 Å². The number of hydrogen-bond acceptors (Lipinski definition) is 3. The Hall–Kier alpha value is -3.04. The molecular weight excluding hydrogens is 397 g/mol. The Kier molecular flexibility index (Phi) is 6.63. The molecule has 30 heavy (non-hydrogen) atoms.